The average Bonchev–Trinajstić information content (AvgIpc) is 2.46. The van der Waals surface area contributed by atoms with Crippen molar-refractivity contribution in [1.82, 2.24) is 0 Å². The van der Waals surface area contributed by atoms with Crippen LogP contribution >= 0.6 is 34.8 Å². The summed E-state index contributed by atoms with van der Waals surface area (Å²) in [6.07, 6.45) is 16.7. The van der Waals surface area contributed by atoms with Crippen LogP contribution in [0, 0.1) is 0 Å². The molecule has 0 aromatic carbocycles. The number of carbonyl (C=O) groups excluding carboxylic acids is 1. The van der Waals surface area contributed by atoms with E-state index in [-0.39, 0.29) is 0 Å². The van der Waals surface area contributed by atoms with Crippen molar-refractivity contribution < 1.29 is 9.53 Å². The first-order valence-corrected chi connectivity index (χ1v) is 9.85. The Morgan fingerprint density at radius 3 is 1.45 bits per heavy atom. The first kappa shape index (κ1) is 22.3. The fraction of sp³-hybridized carbons (Fsp3) is 0.941. The predicted molar refractivity (Wildman–Crippen MR) is 96.9 cm³/mol. The second kappa shape index (κ2) is 14.9. The SMILES string of the molecule is CCCCCCCCCCCCCCCOC(=O)C(Cl)(Cl)Cl. The number of hydrogen-bond acceptors (Lipinski definition) is 2. The molecule has 132 valence electrons. The third-order valence-corrected chi connectivity index (χ3v) is 4.18. The standard InChI is InChI=1S/C17H31Cl3O2/c1-2-3-4-5-6-7-8-9-10-11-12-13-14-15-22-16(21)17(18,19)20/h2-15H2,1H3. The molecule has 0 N–H and O–H groups in total. The maximum absolute atomic E-state index is 11.2. The molecule has 0 atom stereocenters. The van der Waals surface area contributed by atoms with Gasteiger partial charge in [-0.3, -0.25) is 0 Å². The lowest BCUT2D eigenvalue weighted by molar-refractivity contribution is -0.142. The molecule has 0 saturated carbocycles. The fourth-order valence-electron chi connectivity index (χ4n) is 2.37. The van der Waals surface area contributed by atoms with Gasteiger partial charge in [0.15, 0.2) is 0 Å². The van der Waals surface area contributed by atoms with Crippen LogP contribution in [0.15, 0.2) is 0 Å². The predicted octanol–water partition coefficient (Wildman–Crippen LogP) is 6.99. The summed E-state index contributed by atoms with van der Waals surface area (Å²) in [7, 11) is 0. The van der Waals surface area contributed by atoms with Crippen molar-refractivity contribution in [2.75, 3.05) is 6.61 Å². The maximum Gasteiger partial charge on any atom is 0.358 e. The van der Waals surface area contributed by atoms with Crippen LogP contribution in [0.4, 0.5) is 0 Å². The van der Waals surface area contributed by atoms with Gasteiger partial charge in [0.1, 0.15) is 0 Å². The normalized spacial score (nSPS) is 11.6. The monoisotopic (exact) mass is 372 g/mol. The van der Waals surface area contributed by atoms with Crippen molar-refractivity contribution in [1.29, 1.82) is 0 Å². The highest BCUT2D eigenvalue weighted by atomic mass is 35.6. The van der Waals surface area contributed by atoms with Crippen LogP contribution in [0.2, 0.25) is 0 Å². The minimum Gasteiger partial charge on any atom is -0.463 e. The number of halogens is 3. The first-order chi connectivity index (χ1) is 10.5. The molecule has 0 fully saturated rings. The Balaban J connectivity index is 3.13. The summed E-state index contributed by atoms with van der Waals surface area (Å²) in [6, 6.07) is 0. The Morgan fingerprint density at radius 1 is 0.727 bits per heavy atom. The molecule has 0 aromatic heterocycles. The van der Waals surface area contributed by atoms with Crippen molar-refractivity contribution >= 4 is 40.8 Å². The molecular formula is C17H31Cl3O2. The topological polar surface area (TPSA) is 26.3 Å². The number of esters is 1. The zero-order valence-corrected chi connectivity index (χ0v) is 16.1. The van der Waals surface area contributed by atoms with E-state index in [0.717, 1.165) is 12.8 Å². The van der Waals surface area contributed by atoms with Gasteiger partial charge in [-0.25, -0.2) is 4.79 Å². The van der Waals surface area contributed by atoms with E-state index in [1.54, 1.807) is 0 Å². The van der Waals surface area contributed by atoms with E-state index in [2.05, 4.69) is 6.92 Å². The minimum atomic E-state index is -1.95. The maximum atomic E-state index is 11.2. The van der Waals surface area contributed by atoms with Gasteiger partial charge >= 0.3 is 5.97 Å². The molecule has 0 bridgehead atoms. The molecule has 0 rings (SSSR count). The second-order valence-corrected chi connectivity index (χ2v) is 8.16. The zero-order chi connectivity index (χ0) is 16.7. The van der Waals surface area contributed by atoms with E-state index in [9.17, 15) is 4.79 Å². The molecule has 0 aliphatic heterocycles. The molecular weight excluding hydrogens is 343 g/mol. The first-order valence-electron chi connectivity index (χ1n) is 8.72. The Hall–Kier alpha value is 0.340. The molecule has 5 heteroatoms. The van der Waals surface area contributed by atoms with Crippen molar-refractivity contribution in [3.63, 3.8) is 0 Å². The Bertz CT molecular complexity index is 265. The Morgan fingerprint density at radius 2 is 1.09 bits per heavy atom. The Kier molecular flexibility index (Phi) is 15.1. The minimum absolute atomic E-state index is 0.338. The highest BCUT2D eigenvalue weighted by Crippen LogP contribution is 2.27. The molecule has 0 saturated heterocycles. The van der Waals surface area contributed by atoms with Crippen molar-refractivity contribution in [3.05, 3.63) is 0 Å². The van der Waals surface area contributed by atoms with E-state index in [1.807, 2.05) is 0 Å². The molecule has 0 aromatic rings. The van der Waals surface area contributed by atoms with Crippen molar-refractivity contribution in [3.8, 4) is 0 Å². The van der Waals surface area contributed by atoms with Gasteiger partial charge in [0.05, 0.1) is 6.61 Å². The number of alkyl halides is 3. The van der Waals surface area contributed by atoms with Crippen molar-refractivity contribution in [2.45, 2.75) is 94.2 Å². The van der Waals surface area contributed by atoms with Gasteiger partial charge < -0.3 is 4.74 Å². The van der Waals surface area contributed by atoms with Crippen LogP contribution in [-0.2, 0) is 9.53 Å². The lowest BCUT2D eigenvalue weighted by Crippen LogP contribution is -2.22. The Labute approximate surface area is 151 Å². The van der Waals surface area contributed by atoms with Crippen LogP contribution in [0.3, 0.4) is 0 Å². The van der Waals surface area contributed by atoms with Crippen molar-refractivity contribution in [2.24, 2.45) is 0 Å². The summed E-state index contributed by atoms with van der Waals surface area (Å²) in [4.78, 5) is 11.2. The molecule has 0 radical (unpaired) electrons. The second-order valence-electron chi connectivity index (χ2n) is 5.88. The van der Waals surface area contributed by atoms with Crippen LogP contribution in [0.1, 0.15) is 90.4 Å². The summed E-state index contributed by atoms with van der Waals surface area (Å²) < 4.78 is 2.92. The number of hydrogen-bond donors (Lipinski definition) is 0. The summed E-state index contributed by atoms with van der Waals surface area (Å²) in [5, 5.41) is 0. The van der Waals surface area contributed by atoms with Crippen LogP contribution in [0.25, 0.3) is 0 Å². The smallest absolute Gasteiger partial charge is 0.358 e. The van der Waals surface area contributed by atoms with Gasteiger partial charge in [-0.1, -0.05) is 119 Å². The van der Waals surface area contributed by atoms with Gasteiger partial charge in [0, 0.05) is 0 Å². The summed E-state index contributed by atoms with van der Waals surface area (Å²) in [5.41, 5.74) is 0. The molecule has 2 nitrogen and oxygen atoms in total. The van der Waals surface area contributed by atoms with Gasteiger partial charge in [-0.15, -0.1) is 0 Å². The highest BCUT2D eigenvalue weighted by molar-refractivity contribution is 6.75. The lowest BCUT2D eigenvalue weighted by Gasteiger charge is -2.10. The van der Waals surface area contributed by atoms with E-state index in [4.69, 9.17) is 39.5 Å². The van der Waals surface area contributed by atoms with E-state index in [0.29, 0.717) is 6.61 Å². The number of unbranched alkanes of at least 4 members (excludes halogenated alkanes) is 12. The molecule has 0 unspecified atom stereocenters. The fourth-order valence-corrected chi connectivity index (χ4v) is 2.53. The lowest BCUT2D eigenvalue weighted by atomic mass is 10.0. The van der Waals surface area contributed by atoms with E-state index < -0.39 is 9.76 Å². The highest BCUT2D eigenvalue weighted by Gasteiger charge is 2.32. The van der Waals surface area contributed by atoms with Gasteiger partial charge in [0.2, 0.25) is 0 Å². The van der Waals surface area contributed by atoms with Gasteiger partial charge in [-0.05, 0) is 6.42 Å². The zero-order valence-electron chi connectivity index (χ0n) is 13.8. The summed E-state index contributed by atoms with van der Waals surface area (Å²) >= 11 is 16.2. The average molecular weight is 374 g/mol. The number of carbonyl (C=O) groups is 1. The molecule has 22 heavy (non-hydrogen) atoms. The molecule has 0 aliphatic carbocycles. The molecule has 0 amide bonds. The third kappa shape index (κ3) is 15.2. The molecule has 0 aliphatic rings. The summed E-state index contributed by atoms with van der Waals surface area (Å²) in [5.74, 6) is -0.781. The largest absolute Gasteiger partial charge is 0.463 e. The van der Waals surface area contributed by atoms with Gasteiger partial charge in [-0.2, -0.15) is 0 Å². The number of rotatable bonds is 14. The van der Waals surface area contributed by atoms with Gasteiger partial charge in [0.25, 0.3) is 3.79 Å². The van der Waals surface area contributed by atoms with E-state index >= 15 is 0 Å². The quantitative estimate of drug-likeness (QED) is 0.186. The third-order valence-electron chi connectivity index (χ3n) is 3.71. The number of ether oxygens (including phenoxy) is 1. The molecule has 0 spiro atoms. The summed E-state index contributed by atoms with van der Waals surface area (Å²) in [6.45, 7) is 2.59. The molecule has 0 heterocycles. The van der Waals surface area contributed by atoms with Crippen LogP contribution in [0.5, 0.6) is 0 Å². The van der Waals surface area contributed by atoms with Crippen LogP contribution in [-0.4, -0.2) is 16.4 Å². The van der Waals surface area contributed by atoms with Crippen LogP contribution < -0.4 is 0 Å². The van der Waals surface area contributed by atoms with E-state index in [1.165, 1.54) is 70.6 Å².